The van der Waals surface area contributed by atoms with Crippen molar-refractivity contribution in [2.75, 3.05) is 0 Å². The van der Waals surface area contributed by atoms with E-state index in [4.69, 9.17) is 11.8 Å². The third-order valence-corrected chi connectivity index (χ3v) is 11.1. The molecule has 0 radical (unpaired) electrons. The Morgan fingerprint density at radius 1 is 0.773 bits per heavy atom. The maximum atomic E-state index is 6.38. The van der Waals surface area contributed by atoms with Crippen LogP contribution in [0.3, 0.4) is 0 Å². The molecule has 0 amide bonds. The molecule has 118 valence electrons. The summed E-state index contributed by atoms with van der Waals surface area (Å²) in [5, 5.41) is 0. The van der Waals surface area contributed by atoms with Gasteiger partial charge in [0.1, 0.15) is 0 Å². The standard InChI is InChI=1S/C20H27PS/c22-21(19-12-6-2-7-13-19,20-14-8-3-9-15-20)17-16-18-10-4-1-5-11-18/h1,4-5,10-11,19-20H,2-3,6-9,12-15H2. The SMILES string of the molecule is S=P(C#Cc1ccccc1)(C1CCCCC1)C1CCCCC1. The van der Waals surface area contributed by atoms with Crippen molar-refractivity contribution in [3.8, 4) is 11.6 Å². The van der Waals surface area contributed by atoms with E-state index >= 15 is 0 Å². The molecular weight excluding hydrogens is 303 g/mol. The summed E-state index contributed by atoms with van der Waals surface area (Å²) in [4.78, 5) is 0. The Kier molecular flexibility index (Phi) is 5.78. The summed E-state index contributed by atoms with van der Waals surface area (Å²) in [6.07, 6.45) is 13.7. The van der Waals surface area contributed by atoms with Crippen LogP contribution < -0.4 is 0 Å². The van der Waals surface area contributed by atoms with E-state index in [1.807, 2.05) is 0 Å². The van der Waals surface area contributed by atoms with Crippen LogP contribution in [0.2, 0.25) is 0 Å². The van der Waals surface area contributed by atoms with Gasteiger partial charge in [-0.25, -0.2) is 0 Å². The number of hydrogen-bond donors (Lipinski definition) is 0. The second kappa shape index (κ2) is 7.81. The summed E-state index contributed by atoms with van der Waals surface area (Å²) in [6.45, 7) is 0. The van der Waals surface area contributed by atoms with Crippen molar-refractivity contribution in [1.82, 2.24) is 0 Å². The largest absolute Gasteiger partial charge is 0.0831 e. The predicted octanol–water partition coefficient (Wildman–Crippen LogP) is 6.14. The van der Waals surface area contributed by atoms with Crippen LogP contribution in [0.5, 0.6) is 0 Å². The zero-order valence-electron chi connectivity index (χ0n) is 13.5. The zero-order valence-corrected chi connectivity index (χ0v) is 15.2. The molecule has 2 aliphatic rings. The fourth-order valence-corrected chi connectivity index (χ4v) is 9.02. The van der Waals surface area contributed by atoms with Gasteiger partial charge in [-0.2, -0.15) is 0 Å². The van der Waals surface area contributed by atoms with Gasteiger partial charge < -0.3 is 0 Å². The average molecular weight is 330 g/mol. The fraction of sp³-hybridized carbons (Fsp3) is 0.600. The van der Waals surface area contributed by atoms with Gasteiger partial charge in [0.05, 0.1) is 0 Å². The van der Waals surface area contributed by atoms with Crippen LogP contribution >= 0.6 is 6.04 Å². The van der Waals surface area contributed by atoms with Gasteiger partial charge in [-0.15, -0.1) is 0 Å². The maximum Gasteiger partial charge on any atom is 0.0299 e. The topological polar surface area (TPSA) is 0 Å². The van der Waals surface area contributed by atoms with E-state index in [0.717, 1.165) is 16.9 Å². The smallest absolute Gasteiger partial charge is 0.0299 e. The summed E-state index contributed by atoms with van der Waals surface area (Å²) in [6, 6.07) is 8.89. The summed E-state index contributed by atoms with van der Waals surface area (Å²) < 4.78 is 0. The molecule has 0 unspecified atom stereocenters. The van der Waals surface area contributed by atoms with Crippen LogP contribution in [-0.4, -0.2) is 11.3 Å². The minimum atomic E-state index is -1.56. The highest BCUT2D eigenvalue weighted by Crippen LogP contribution is 2.62. The molecule has 0 heterocycles. The number of benzene rings is 1. The molecule has 2 saturated carbocycles. The van der Waals surface area contributed by atoms with Gasteiger partial charge >= 0.3 is 0 Å². The average Bonchev–Trinajstić information content (AvgIpc) is 2.62. The molecule has 1 aromatic rings. The summed E-state index contributed by atoms with van der Waals surface area (Å²) in [5.41, 5.74) is 6.36. The molecule has 2 fully saturated rings. The van der Waals surface area contributed by atoms with Crippen LogP contribution in [0.25, 0.3) is 0 Å². The molecular formula is C20H27PS. The minimum Gasteiger partial charge on any atom is -0.0831 e. The van der Waals surface area contributed by atoms with Crippen molar-refractivity contribution in [2.24, 2.45) is 0 Å². The monoisotopic (exact) mass is 330 g/mol. The van der Waals surface area contributed by atoms with Gasteiger partial charge in [-0.05, 0) is 49.1 Å². The van der Waals surface area contributed by atoms with E-state index in [-0.39, 0.29) is 0 Å². The fourth-order valence-electron chi connectivity index (χ4n) is 4.08. The zero-order chi connectivity index (χ0) is 15.3. The molecule has 0 N–H and O–H groups in total. The Bertz CT molecular complexity index is 547. The van der Waals surface area contributed by atoms with Crippen LogP contribution in [0.4, 0.5) is 0 Å². The molecule has 0 saturated heterocycles. The molecule has 0 aliphatic heterocycles. The van der Waals surface area contributed by atoms with E-state index in [0.29, 0.717) is 0 Å². The molecule has 0 nitrogen and oxygen atoms in total. The van der Waals surface area contributed by atoms with Crippen LogP contribution in [0.1, 0.15) is 69.8 Å². The Morgan fingerprint density at radius 2 is 1.27 bits per heavy atom. The van der Waals surface area contributed by atoms with Crippen molar-refractivity contribution in [3.05, 3.63) is 35.9 Å². The van der Waals surface area contributed by atoms with Gasteiger partial charge in [-0.1, -0.05) is 80.1 Å². The first-order valence-corrected chi connectivity index (χ1v) is 11.9. The Labute approximate surface area is 141 Å². The van der Waals surface area contributed by atoms with Gasteiger partial charge in [0.25, 0.3) is 0 Å². The highest BCUT2D eigenvalue weighted by molar-refractivity contribution is 8.17. The lowest BCUT2D eigenvalue weighted by atomic mass is 9.99. The van der Waals surface area contributed by atoms with E-state index < -0.39 is 6.04 Å². The van der Waals surface area contributed by atoms with Crippen LogP contribution in [0.15, 0.2) is 30.3 Å². The first-order valence-electron chi connectivity index (χ1n) is 8.97. The number of hydrogen-bond acceptors (Lipinski definition) is 1. The summed E-state index contributed by atoms with van der Waals surface area (Å²) in [5.74, 6) is 3.48. The van der Waals surface area contributed by atoms with Crippen LogP contribution in [-0.2, 0) is 11.8 Å². The molecule has 22 heavy (non-hydrogen) atoms. The summed E-state index contributed by atoms with van der Waals surface area (Å²) in [7, 11) is 0. The third kappa shape index (κ3) is 3.84. The highest BCUT2D eigenvalue weighted by Gasteiger charge is 2.36. The molecule has 0 bridgehead atoms. The van der Waals surface area contributed by atoms with Gasteiger partial charge in [0, 0.05) is 11.6 Å². The lowest BCUT2D eigenvalue weighted by Gasteiger charge is -2.38. The molecule has 2 heteroatoms. The van der Waals surface area contributed by atoms with Gasteiger partial charge in [-0.3, -0.25) is 0 Å². The third-order valence-electron chi connectivity index (χ3n) is 5.38. The van der Waals surface area contributed by atoms with Crippen molar-refractivity contribution >= 4 is 17.8 Å². The van der Waals surface area contributed by atoms with Gasteiger partial charge in [0.2, 0.25) is 0 Å². The van der Waals surface area contributed by atoms with Gasteiger partial charge in [0.15, 0.2) is 0 Å². The second-order valence-electron chi connectivity index (χ2n) is 6.90. The maximum absolute atomic E-state index is 6.38. The van der Waals surface area contributed by atoms with Crippen molar-refractivity contribution in [2.45, 2.75) is 75.5 Å². The van der Waals surface area contributed by atoms with Crippen molar-refractivity contribution in [3.63, 3.8) is 0 Å². The van der Waals surface area contributed by atoms with Crippen molar-refractivity contribution < 1.29 is 0 Å². The first-order chi connectivity index (χ1) is 10.8. The Morgan fingerprint density at radius 3 is 1.77 bits per heavy atom. The van der Waals surface area contributed by atoms with Crippen LogP contribution in [0, 0.1) is 11.6 Å². The van der Waals surface area contributed by atoms with E-state index in [2.05, 4.69) is 41.9 Å². The molecule has 2 aliphatic carbocycles. The van der Waals surface area contributed by atoms with E-state index in [1.165, 1.54) is 64.2 Å². The lowest BCUT2D eigenvalue weighted by Crippen LogP contribution is -2.22. The van der Waals surface area contributed by atoms with E-state index in [9.17, 15) is 0 Å². The molecule has 3 rings (SSSR count). The lowest BCUT2D eigenvalue weighted by molar-refractivity contribution is 0.486. The van der Waals surface area contributed by atoms with Crippen molar-refractivity contribution in [1.29, 1.82) is 0 Å². The highest BCUT2D eigenvalue weighted by atomic mass is 32.4. The normalized spacial score (nSPS) is 21.1. The van der Waals surface area contributed by atoms with E-state index in [1.54, 1.807) is 0 Å². The summed E-state index contributed by atoms with van der Waals surface area (Å²) >= 11 is 6.38. The molecule has 0 spiro atoms. The molecule has 0 aromatic heterocycles. The molecule has 0 atom stereocenters. The minimum absolute atomic E-state index is 0.746. The second-order valence-corrected chi connectivity index (χ2v) is 11.8. The molecule has 1 aromatic carbocycles. The predicted molar refractivity (Wildman–Crippen MR) is 101 cm³/mol. The Balaban J connectivity index is 1.88. The number of rotatable bonds is 2. The first kappa shape index (κ1) is 16.3. The Hall–Kier alpha value is -0.570. The quantitative estimate of drug-likeness (QED) is 0.463.